The predicted octanol–water partition coefficient (Wildman–Crippen LogP) is 12.6. The summed E-state index contributed by atoms with van der Waals surface area (Å²) in [6, 6.07) is 0. The van der Waals surface area contributed by atoms with Crippen LogP contribution in [0.4, 0.5) is 0 Å². The molecular weight excluding hydrogens is 492 g/mol. The SMILES string of the molecule is C=CCCC(=C)C(=C)C(CCC=C)CC(=C)C1C(C(=C)C(CC(=C)CC(C)(C)C)C2CCCCC2)CC2C1C2(C)C. The van der Waals surface area contributed by atoms with Gasteiger partial charge in [0.05, 0.1) is 0 Å². The molecule has 6 atom stereocenters. The van der Waals surface area contributed by atoms with Crippen LogP contribution in [0.15, 0.2) is 86.1 Å². The minimum atomic E-state index is 0.282. The fraction of sp³-hybridized carbons (Fsp3) is 0.659. The quantitative estimate of drug-likeness (QED) is 0.123. The average molecular weight is 557 g/mol. The fourth-order valence-corrected chi connectivity index (χ4v) is 8.98. The molecule has 3 aliphatic carbocycles. The van der Waals surface area contributed by atoms with E-state index in [1.54, 1.807) is 0 Å². The van der Waals surface area contributed by atoms with E-state index in [-0.39, 0.29) is 5.41 Å². The summed E-state index contributed by atoms with van der Waals surface area (Å²) in [5.74, 6) is 4.33. The number of allylic oxidation sites excluding steroid dienone is 7. The van der Waals surface area contributed by atoms with Crippen molar-refractivity contribution in [2.24, 2.45) is 52.3 Å². The van der Waals surface area contributed by atoms with Crippen molar-refractivity contribution < 1.29 is 0 Å². The van der Waals surface area contributed by atoms with Gasteiger partial charge in [0.1, 0.15) is 0 Å². The maximum absolute atomic E-state index is 4.99. The van der Waals surface area contributed by atoms with Gasteiger partial charge in [-0.1, -0.05) is 121 Å². The molecule has 0 aliphatic heterocycles. The van der Waals surface area contributed by atoms with Crippen LogP contribution in [0.3, 0.4) is 0 Å². The van der Waals surface area contributed by atoms with Gasteiger partial charge >= 0.3 is 0 Å². The zero-order valence-corrected chi connectivity index (χ0v) is 27.8. The molecule has 3 aliphatic rings. The summed E-state index contributed by atoms with van der Waals surface area (Å²) in [6.45, 7) is 43.4. The van der Waals surface area contributed by atoms with Crippen molar-refractivity contribution in [2.45, 2.75) is 118 Å². The van der Waals surface area contributed by atoms with Crippen LogP contribution in [-0.2, 0) is 0 Å². The smallest absolute Gasteiger partial charge is 0.0104 e. The first-order valence-corrected chi connectivity index (χ1v) is 16.8. The molecule has 0 saturated heterocycles. The number of fused-ring (bicyclic) bond motifs is 1. The highest BCUT2D eigenvalue weighted by Gasteiger charge is 2.67. The van der Waals surface area contributed by atoms with Crippen LogP contribution in [-0.4, -0.2) is 0 Å². The van der Waals surface area contributed by atoms with Crippen LogP contribution in [0.2, 0.25) is 0 Å². The van der Waals surface area contributed by atoms with E-state index in [9.17, 15) is 0 Å². The van der Waals surface area contributed by atoms with Gasteiger partial charge in [0.25, 0.3) is 0 Å². The minimum Gasteiger partial charge on any atom is -0.103 e. The summed E-state index contributed by atoms with van der Waals surface area (Å²) in [7, 11) is 0. The second-order valence-corrected chi connectivity index (χ2v) is 16.0. The van der Waals surface area contributed by atoms with Gasteiger partial charge in [0, 0.05) is 0 Å². The lowest BCUT2D eigenvalue weighted by molar-refractivity contribution is 0.234. The molecule has 0 heterocycles. The predicted molar refractivity (Wildman–Crippen MR) is 184 cm³/mol. The van der Waals surface area contributed by atoms with Crippen LogP contribution in [0.25, 0.3) is 0 Å². The molecule has 0 radical (unpaired) electrons. The van der Waals surface area contributed by atoms with Crippen molar-refractivity contribution in [3.05, 3.63) is 86.1 Å². The third-order valence-corrected chi connectivity index (χ3v) is 11.2. The lowest BCUT2D eigenvalue weighted by Gasteiger charge is -2.39. The summed E-state index contributed by atoms with van der Waals surface area (Å²) in [4.78, 5) is 0. The second kappa shape index (κ2) is 14.1. The molecule has 0 aromatic carbocycles. The Labute approximate surface area is 255 Å². The van der Waals surface area contributed by atoms with Crippen molar-refractivity contribution in [1.29, 1.82) is 0 Å². The Balaban J connectivity index is 1.85. The molecule has 0 N–H and O–H groups in total. The Morgan fingerprint density at radius 2 is 1.54 bits per heavy atom. The van der Waals surface area contributed by atoms with Gasteiger partial charge in [0.15, 0.2) is 0 Å². The van der Waals surface area contributed by atoms with Crippen molar-refractivity contribution in [2.75, 3.05) is 0 Å². The molecule has 228 valence electrons. The summed E-state index contributed by atoms with van der Waals surface area (Å²) in [5.41, 5.74) is 7.50. The van der Waals surface area contributed by atoms with Gasteiger partial charge in [-0.05, 0) is 122 Å². The fourth-order valence-electron chi connectivity index (χ4n) is 8.98. The van der Waals surface area contributed by atoms with Crippen LogP contribution >= 0.6 is 0 Å². The molecule has 3 rings (SSSR count). The zero-order chi connectivity index (χ0) is 30.5. The Morgan fingerprint density at radius 1 is 0.902 bits per heavy atom. The lowest BCUT2D eigenvalue weighted by Crippen LogP contribution is -2.29. The summed E-state index contributed by atoms with van der Waals surface area (Å²) < 4.78 is 0. The lowest BCUT2D eigenvalue weighted by atomic mass is 9.66. The van der Waals surface area contributed by atoms with Gasteiger partial charge in [-0.2, -0.15) is 0 Å². The molecule has 0 nitrogen and oxygen atoms in total. The molecule has 3 saturated carbocycles. The first-order chi connectivity index (χ1) is 19.2. The Kier molecular flexibility index (Phi) is 11.6. The molecule has 0 heteroatoms. The van der Waals surface area contributed by atoms with Crippen molar-refractivity contribution in [3.8, 4) is 0 Å². The van der Waals surface area contributed by atoms with Gasteiger partial charge in [-0.3, -0.25) is 0 Å². The second-order valence-electron chi connectivity index (χ2n) is 16.0. The van der Waals surface area contributed by atoms with Crippen molar-refractivity contribution in [3.63, 3.8) is 0 Å². The van der Waals surface area contributed by atoms with E-state index in [1.807, 2.05) is 6.08 Å². The molecule has 6 unspecified atom stereocenters. The maximum Gasteiger partial charge on any atom is -0.0104 e. The average Bonchev–Trinajstić information content (AvgIpc) is 3.23. The normalized spacial score (nSPS) is 26.9. The van der Waals surface area contributed by atoms with Gasteiger partial charge in [-0.25, -0.2) is 0 Å². The minimum absolute atomic E-state index is 0.282. The third-order valence-electron chi connectivity index (χ3n) is 11.2. The molecule has 3 fully saturated rings. The van der Waals surface area contributed by atoms with Crippen molar-refractivity contribution in [1.82, 2.24) is 0 Å². The Morgan fingerprint density at radius 3 is 2.12 bits per heavy atom. The molecule has 0 aromatic heterocycles. The van der Waals surface area contributed by atoms with Gasteiger partial charge in [-0.15, -0.1) is 13.2 Å². The van der Waals surface area contributed by atoms with E-state index in [0.717, 1.165) is 62.7 Å². The van der Waals surface area contributed by atoms with Gasteiger partial charge in [0.2, 0.25) is 0 Å². The summed E-state index contributed by atoms with van der Waals surface area (Å²) >= 11 is 0. The highest BCUT2D eigenvalue weighted by atomic mass is 14.7. The van der Waals surface area contributed by atoms with Crippen LogP contribution in [0, 0.1) is 52.3 Å². The first-order valence-electron chi connectivity index (χ1n) is 16.8. The zero-order valence-electron chi connectivity index (χ0n) is 27.8. The largest absolute Gasteiger partial charge is 0.103 e. The number of hydrogen-bond donors (Lipinski definition) is 0. The maximum atomic E-state index is 4.99. The van der Waals surface area contributed by atoms with E-state index in [2.05, 4.69) is 73.6 Å². The number of hydrogen-bond acceptors (Lipinski definition) is 0. The first kappa shape index (κ1) is 33.7. The van der Waals surface area contributed by atoms with E-state index >= 15 is 0 Å². The molecular formula is C41H64. The number of rotatable bonds is 17. The van der Waals surface area contributed by atoms with E-state index in [4.69, 9.17) is 13.2 Å². The topological polar surface area (TPSA) is 0 Å². The Bertz CT molecular complexity index is 999. The van der Waals surface area contributed by atoms with Crippen molar-refractivity contribution >= 4 is 0 Å². The summed E-state index contributed by atoms with van der Waals surface area (Å²) in [5, 5.41) is 0. The van der Waals surface area contributed by atoms with E-state index in [0.29, 0.717) is 29.1 Å². The highest BCUT2D eigenvalue weighted by Crippen LogP contribution is 2.73. The third kappa shape index (κ3) is 8.39. The summed E-state index contributed by atoms with van der Waals surface area (Å²) in [6.07, 6.45) is 19.4. The standard InChI is InChI=1S/C41H64/c1-13-15-20-29(4)31(6)34(21-16-14-2)25-30(5)38-36(26-37-39(38)41(37,11)12)32(7)35(33-22-18-17-19-23-33)24-28(3)27-40(8,9)10/h13-14,33-39H,1-7,15-27H2,8-12H3. The van der Waals surface area contributed by atoms with E-state index < -0.39 is 0 Å². The van der Waals surface area contributed by atoms with Crippen LogP contribution < -0.4 is 0 Å². The van der Waals surface area contributed by atoms with Gasteiger partial charge < -0.3 is 0 Å². The highest BCUT2D eigenvalue weighted by molar-refractivity contribution is 5.33. The molecule has 0 bridgehead atoms. The molecule has 0 spiro atoms. The van der Waals surface area contributed by atoms with Crippen LogP contribution in [0.5, 0.6) is 0 Å². The molecule has 41 heavy (non-hydrogen) atoms. The monoisotopic (exact) mass is 557 g/mol. The molecule has 0 aromatic rings. The molecule has 0 amide bonds. The van der Waals surface area contributed by atoms with Crippen LogP contribution in [0.1, 0.15) is 118 Å². The van der Waals surface area contributed by atoms with E-state index in [1.165, 1.54) is 66.4 Å². The Hall–Kier alpha value is -1.82.